The number of rotatable bonds is 3. The van der Waals surface area contributed by atoms with Crippen molar-refractivity contribution in [3.05, 3.63) is 57.9 Å². The Hall–Kier alpha value is -2.50. The van der Waals surface area contributed by atoms with E-state index < -0.39 is 4.92 Å². The fourth-order valence-electron chi connectivity index (χ4n) is 1.48. The van der Waals surface area contributed by atoms with Crippen molar-refractivity contribution in [1.82, 2.24) is 9.78 Å². The average Bonchev–Trinajstić information content (AvgIpc) is 2.74. The second kappa shape index (κ2) is 4.17. The second-order valence-corrected chi connectivity index (χ2v) is 3.47. The summed E-state index contributed by atoms with van der Waals surface area (Å²) in [5.74, 6) is -0.208. The van der Waals surface area contributed by atoms with Crippen LogP contribution in [0.3, 0.4) is 0 Å². The third-order valence-electron chi connectivity index (χ3n) is 2.39. The number of benzene rings is 1. The van der Waals surface area contributed by atoms with Crippen LogP contribution in [0.25, 0.3) is 0 Å². The molecule has 86 valence electrons. The molecular formula is C11H9N3O3. The SMILES string of the molecule is Cn1nccc1C(=O)c1ccc([N+](=O)[O-])cc1. The number of aromatic nitrogens is 2. The molecule has 0 aliphatic heterocycles. The Bertz CT molecular complexity index is 572. The highest BCUT2D eigenvalue weighted by Gasteiger charge is 2.14. The van der Waals surface area contributed by atoms with Crippen molar-refractivity contribution >= 4 is 11.5 Å². The van der Waals surface area contributed by atoms with Crippen molar-refractivity contribution in [2.45, 2.75) is 0 Å². The number of nitrogens with zero attached hydrogens (tertiary/aromatic N) is 3. The van der Waals surface area contributed by atoms with Crippen LogP contribution in [0.4, 0.5) is 5.69 Å². The van der Waals surface area contributed by atoms with Crippen LogP contribution in [-0.2, 0) is 7.05 Å². The topological polar surface area (TPSA) is 78.0 Å². The largest absolute Gasteiger partial charge is 0.287 e. The van der Waals surface area contributed by atoms with Crippen molar-refractivity contribution in [2.75, 3.05) is 0 Å². The molecule has 0 radical (unpaired) electrons. The average molecular weight is 231 g/mol. The quantitative estimate of drug-likeness (QED) is 0.456. The zero-order chi connectivity index (χ0) is 12.4. The summed E-state index contributed by atoms with van der Waals surface area (Å²) in [6.07, 6.45) is 1.53. The maximum absolute atomic E-state index is 12.0. The number of nitro benzene ring substituents is 1. The molecule has 0 aliphatic rings. The van der Waals surface area contributed by atoms with Gasteiger partial charge in [-0.1, -0.05) is 0 Å². The molecule has 0 N–H and O–H groups in total. The second-order valence-electron chi connectivity index (χ2n) is 3.47. The van der Waals surface area contributed by atoms with Gasteiger partial charge in [-0.25, -0.2) is 0 Å². The molecule has 6 nitrogen and oxygen atoms in total. The van der Waals surface area contributed by atoms with Gasteiger partial charge < -0.3 is 0 Å². The lowest BCUT2D eigenvalue weighted by Crippen LogP contribution is -2.08. The summed E-state index contributed by atoms with van der Waals surface area (Å²) < 4.78 is 1.46. The Morgan fingerprint density at radius 2 is 1.94 bits per heavy atom. The van der Waals surface area contributed by atoms with Crippen LogP contribution in [0.2, 0.25) is 0 Å². The van der Waals surface area contributed by atoms with Crippen LogP contribution < -0.4 is 0 Å². The minimum atomic E-state index is -0.502. The van der Waals surface area contributed by atoms with Gasteiger partial charge in [-0.3, -0.25) is 19.6 Å². The third kappa shape index (κ3) is 2.05. The molecule has 2 aromatic rings. The van der Waals surface area contributed by atoms with Gasteiger partial charge in [0, 0.05) is 30.9 Å². The van der Waals surface area contributed by atoms with Gasteiger partial charge in [0.2, 0.25) is 5.78 Å². The van der Waals surface area contributed by atoms with E-state index in [1.54, 1.807) is 13.1 Å². The molecular weight excluding hydrogens is 222 g/mol. The molecule has 2 rings (SSSR count). The van der Waals surface area contributed by atoms with Crippen molar-refractivity contribution in [3.8, 4) is 0 Å². The normalized spacial score (nSPS) is 10.2. The van der Waals surface area contributed by atoms with Gasteiger partial charge in [0.1, 0.15) is 5.69 Å². The third-order valence-corrected chi connectivity index (χ3v) is 2.39. The van der Waals surface area contributed by atoms with Crippen molar-refractivity contribution in [1.29, 1.82) is 0 Å². The van der Waals surface area contributed by atoms with Gasteiger partial charge in [-0.15, -0.1) is 0 Å². The van der Waals surface area contributed by atoms with Crippen LogP contribution >= 0.6 is 0 Å². The smallest absolute Gasteiger partial charge is 0.269 e. The number of hydrogen-bond donors (Lipinski definition) is 0. The first-order chi connectivity index (χ1) is 8.09. The standard InChI is InChI=1S/C11H9N3O3/c1-13-10(6-7-12-13)11(15)8-2-4-9(5-3-8)14(16)17/h2-7H,1H3. The van der Waals surface area contributed by atoms with Crippen LogP contribution in [0.5, 0.6) is 0 Å². The van der Waals surface area contributed by atoms with Crippen LogP contribution in [-0.4, -0.2) is 20.5 Å². The fraction of sp³-hybridized carbons (Fsp3) is 0.0909. The number of carbonyl (C=O) groups is 1. The van der Waals surface area contributed by atoms with Gasteiger partial charge in [-0.05, 0) is 18.2 Å². The van der Waals surface area contributed by atoms with Gasteiger partial charge in [0.25, 0.3) is 5.69 Å². The van der Waals surface area contributed by atoms with E-state index in [1.807, 2.05) is 0 Å². The zero-order valence-corrected chi connectivity index (χ0v) is 9.03. The zero-order valence-electron chi connectivity index (χ0n) is 9.03. The maximum Gasteiger partial charge on any atom is 0.269 e. The molecule has 1 aromatic heterocycles. The molecule has 0 saturated heterocycles. The highest BCUT2D eigenvalue weighted by atomic mass is 16.6. The van der Waals surface area contributed by atoms with Gasteiger partial charge in [0.05, 0.1) is 4.92 Å². The molecule has 0 spiro atoms. The minimum Gasteiger partial charge on any atom is -0.287 e. The first kappa shape index (κ1) is 11.0. The first-order valence-corrected chi connectivity index (χ1v) is 4.87. The summed E-state index contributed by atoms with van der Waals surface area (Å²) in [7, 11) is 1.67. The highest BCUT2D eigenvalue weighted by Crippen LogP contribution is 2.14. The highest BCUT2D eigenvalue weighted by molar-refractivity contribution is 6.07. The Labute approximate surface area is 96.6 Å². The van der Waals surface area contributed by atoms with Crippen molar-refractivity contribution < 1.29 is 9.72 Å². The van der Waals surface area contributed by atoms with Crippen LogP contribution in [0.1, 0.15) is 16.1 Å². The lowest BCUT2D eigenvalue weighted by molar-refractivity contribution is -0.384. The molecule has 0 amide bonds. The van der Waals surface area contributed by atoms with E-state index in [2.05, 4.69) is 5.10 Å². The Kier molecular flexibility index (Phi) is 2.70. The summed E-state index contributed by atoms with van der Waals surface area (Å²) in [4.78, 5) is 21.9. The van der Waals surface area contributed by atoms with Gasteiger partial charge in [0.15, 0.2) is 0 Å². The molecule has 0 aliphatic carbocycles. The van der Waals surface area contributed by atoms with Crippen molar-refractivity contribution in [2.24, 2.45) is 7.05 Å². The summed E-state index contributed by atoms with van der Waals surface area (Å²) in [5, 5.41) is 14.4. The molecule has 1 heterocycles. The summed E-state index contributed by atoms with van der Waals surface area (Å²) >= 11 is 0. The molecule has 0 unspecified atom stereocenters. The lowest BCUT2D eigenvalue weighted by atomic mass is 10.1. The van der Waals surface area contributed by atoms with Crippen molar-refractivity contribution in [3.63, 3.8) is 0 Å². The predicted octanol–water partition coefficient (Wildman–Crippen LogP) is 1.56. The lowest BCUT2D eigenvalue weighted by Gasteiger charge is -2.01. The Balaban J connectivity index is 2.33. The molecule has 0 bridgehead atoms. The number of ketones is 1. The minimum absolute atomic E-state index is 0.0356. The molecule has 0 fully saturated rings. The number of aryl methyl sites for hydroxylation is 1. The van der Waals surface area contributed by atoms with E-state index in [4.69, 9.17) is 0 Å². The number of nitro groups is 1. The van der Waals surface area contributed by atoms with E-state index in [9.17, 15) is 14.9 Å². The van der Waals surface area contributed by atoms with E-state index >= 15 is 0 Å². The Morgan fingerprint density at radius 1 is 1.29 bits per heavy atom. The molecule has 0 atom stereocenters. The fourth-order valence-corrected chi connectivity index (χ4v) is 1.48. The molecule has 0 saturated carbocycles. The van der Waals surface area contributed by atoms with E-state index in [1.165, 1.54) is 35.1 Å². The van der Waals surface area contributed by atoms with Gasteiger partial charge in [-0.2, -0.15) is 5.10 Å². The van der Waals surface area contributed by atoms with Crippen LogP contribution in [0.15, 0.2) is 36.5 Å². The predicted molar refractivity (Wildman–Crippen MR) is 59.7 cm³/mol. The summed E-state index contributed by atoms with van der Waals surface area (Å²) in [6.45, 7) is 0. The van der Waals surface area contributed by atoms with E-state index in [-0.39, 0.29) is 11.5 Å². The number of carbonyl (C=O) groups excluding carboxylic acids is 1. The van der Waals surface area contributed by atoms with Crippen LogP contribution in [0, 0.1) is 10.1 Å². The maximum atomic E-state index is 12.0. The van der Waals surface area contributed by atoms with E-state index in [0.717, 1.165) is 0 Å². The first-order valence-electron chi connectivity index (χ1n) is 4.87. The number of hydrogen-bond acceptors (Lipinski definition) is 4. The molecule has 1 aromatic carbocycles. The summed E-state index contributed by atoms with van der Waals surface area (Å²) in [5.41, 5.74) is 0.810. The van der Waals surface area contributed by atoms with Gasteiger partial charge >= 0.3 is 0 Å². The molecule has 6 heteroatoms. The monoisotopic (exact) mass is 231 g/mol. The molecule has 17 heavy (non-hydrogen) atoms. The Morgan fingerprint density at radius 3 is 2.41 bits per heavy atom. The summed E-state index contributed by atoms with van der Waals surface area (Å²) in [6, 6.07) is 7.10. The number of non-ortho nitro benzene ring substituents is 1. The van der Waals surface area contributed by atoms with E-state index in [0.29, 0.717) is 11.3 Å².